The van der Waals surface area contributed by atoms with Gasteiger partial charge in [0.05, 0.1) is 13.2 Å². The van der Waals surface area contributed by atoms with E-state index in [1.807, 2.05) is 24.3 Å². The Labute approximate surface area is 120 Å². The molecule has 0 saturated carbocycles. The van der Waals surface area contributed by atoms with Crippen LogP contribution in [0.4, 0.5) is 4.39 Å². The molecule has 0 saturated heterocycles. The molecule has 1 atom stereocenters. The molecule has 0 amide bonds. The molecule has 2 rings (SSSR count). The van der Waals surface area contributed by atoms with Crippen molar-refractivity contribution in [3.8, 4) is 5.75 Å². The minimum Gasteiger partial charge on any atom is -0.494 e. The first-order valence-electron chi connectivity index (χ1n) is 5.86. The van der Waals surface area contributed by atoms with Gasteiger partial charge >= 0.3 is 0 Å². The number of ether oxygens (including phenoxy) is 1. The summed E-state index contributed by atoms with van der Waals surface area (Å²) in [5.74, 6) is -0.210. The standard InChI is InChI=1S/C15H14BrFO2/c1-19-15-7-6-10(8-13(15)17)9-14(18)11-4-2-3-5-12(11)16/h2-8,14,18H,9H2,1H3. The number of aliphatic hydroxyl groups is 1. The molecule has 2 aromatic carbocycles. The summed E-state index contributed by atoms with van der Waals surface area (Å²) in [5.41, 5.74) is 1.51. The third-order valence-electron chi connectivity index (χ3n) is 2.91. The van der Waals surface area contributed by atoms with E-state index in [2.05, 4.69) is 15.9 Å². The van der Waals surface area contributed by atoms with Crippen molar-refractivity contribution in [3.63, 3.8) is 0 Å². The molecular weight excluding hydrogens is 311 g/mol. The summed E-state index contributed by atoms with van der Waals surface area (Å²) in [6.45, 7) is 0. The molecule has 0 aliphatic rings. The second-order valence-corrected chi connectivity index (χ2v) is 5.06. The molecule has 0 aromatic heterocycles. The van der Waals surface area contributed by atoms with Crippen LogP contribution < -0.4 is 4.74 Å². The lowest BCUT2D eigenvalue weighted by Crippen LogP contribution is -2.03. The minimum absolute atomic E-state index is 0.208. The van der Waals surface area contributed by atoms with Crippen LogP contribution in [0.5, 0.6) is 5.75 Å². The van der Waals surface area contributed by atoms with Gasteiger partial charge in [0, 0.05) is 10.9 Å². The van der Waals surface area contributed by atoms with Gasteiger partial charge in [0.1, 0.15) is 0 Å². The van der Waals surface area contributed by atoms with Crippen molar-refractivity contribution in [1.29, 1.82) is 0 Å². The predicted molar refractivity (Wildman–Crippen MR) is 75.8 cm³/mol. The molecule has 100 valence electrons. The quantitative estimate of drug-likeness (QED) is 0.925. The molecule has 0 bridgehead atoms. The van der Waals surface area contributed by atoms with Gasteiger partial charge in [-0.05, 0) is 29.3 Å². The molecule has 2 aromatic rings. The average Bonchev–Trinajstić information content (AvgIpc) is 2.39. The van der Waals surface area contributed by atoms with Crippen LogP contribution in [0.3, 0.4) is 0 Å². The lowest BCUT2D eigenvalue weighted by Gasteiger charge is -2.13. The number of rotatable bonds is 4. The van der Waals surface area contributed by atoms with Gasteiger partial charge in [-0.3, -0.25) is 0 Å². The Balaban J connectivity index is 2.17. The van der Waals surface area contributed by atoms with Crippen LogP contribution in [0.1, 0.15) is 17.2 Å². The SMILES string of the molecule is COc1ccc(CC(O)c2ccccc2Br)cc1F. The van der Waals surface area contributed by atoms with Crippen molar-refractivity contribution in [2.75, 3.05) is 7.11 Å². The van der Waals surface area contributed by atoms with Crippen LogP contribution in [-0.2, 0) is 6.42 Å². The summed E-state index contributed by atoms with van der Waals surface area (Å²) in [5, 5.41) is 10.2. The van der Waals surface area contributed by atoms with E-state index in [0.29, 0.717) is 6.42 Å². The van der Waals surface area contributed by atoms with Crippen molar-refractivity contribution in [2.24, 2.45) is 0 Å². The summed E-state index contributed by atoms with van der Waals surface area (Å²) in [7, 11) is 1.42. The van der Waals surface area contributed by atoms with Gasteiger partial charge in [0.15, 0.2) is 11.6 Å². The number of halogens is 2. The third-order valence-corrected chi connectivity index (χ3v) is 3.63. The Kier molecular flexibility index (Phi) is 4.56. The van der Waals surface area contributed by atoms with Gasteiger partial charge in [-0.1, -0.05) is 40.2 Å². The molecular formula is C15H14BrFO2. The van der Waals surface area contributed by atoms with Gasteiger partial charge in [-0.2, -0.15) is 0 Å². The number of aliphatic hydroxyl groups excluding tert-OH is 1. The highest BCUT2D eigenvalue weighted by Crippen LogP contribution is 2.27. The Hall–Kier alpha value is -1.39. The second kappa shape index (κ2) is 6.17. The van der Waals surface area contributed by atoms with Crippen LogP contribution >= 0.6 is 15.9 Å². The van der Waals surface area contributed by atoms with Crippen LogP contribution in [-0.4, -0.2) is 12.2 Å². The molecule has 0 heterocycles. The summed E-state index contributed by atoms with van der Waals surface area (Å²) in [4.78, 5) is 0. The molecule has 0 spiro atoms. The molecule has 0 aliphatic heterocycles. The third kappa shape index (κ3) is 3.33. The Morgan fingerprint density at radius 2 is 2.00 bits per heavy atom. The van der Waals surface area contributed by atoms with E-state index in [4.69, 9.17) is 4.74 Å². The highest BCUT2D eigenvalue weighted by Gasteiger charge is 2.13. The fraction of sp³-hybridized carbons (Fsp3) is 0.200. The molecule has 1 unspecified atom stereocenters. The van der Waals surface area contributed by atoms with Crippen molar-refractivity contribution in [2.45, 2.75) is 12.5 Å². The first-order chi connectivity index (χ1) is 9.11. The van der Waals surface area contributed by atoms with Crippen LogP contribution in [0, 0.1) is 5.82 Å². The van der Waals surface area contributed by atoms with Gasteiger partial charge in [0.25, 0.3) is 0 Å². The minimum atomic E-state index is -0.677. The normalized spacial score (nSPS) is 12.2. The zero-order chi connectivity index (χ0) is 13.8. The molecule has 0 fully saturated rings. The van der Waals surface area contributed by atoms with Crippen molar-refractivity contribution in [1.82, 2.24) is 0 Å². The fourth-order valence-corrected chi connectivity index (χ4v) is 2.46. The van der Waals surface area contributed by atoms with Crippen molar-refractivity contribution >= 4 is 15.9 Å². The summed E-state index contributed by atoms with van der Waals surface area (Å²) in [6.07, 6.45) is -0.327. The Bertz CT molecular complexity index is 572. The highest BCUT2D eigenvalue weighted by atomic mass is 79.9. The topological polar surface area (TPSA) is 29.5 Å². The molecule has 1 N–H and O–H groups in total. The Morgan fingerprint density at radius 1 is 1.26 bits per heavy atom. The van der Waals surface area contributed by atoms with Crippen LogP contribution in [0.25, 0.3) is 0 Å². The number of hydrogen-bond acceptors (Lipinski definition) is 2. The zero-order valence-corrected chi connectivity index (χ0v) is 12.0. The van der Waals surface area contributed by atoms with E-state index in [0.717, 1.165) is 15.6 Å². The van der Waals surface area contributed by atoms with E-state index in [1.54, 1.807) is 12.1 Å². The maximum atomic E-state index is 13.6. The highest BCUT2D eigenvalue weighted by molar-refractivity contribution is 9.10. The molecule has 2 nitrogen and oxygen atoms in total. The molecule has 19 heavy (non-hydrogen) atoms. The molecule has 4 heteroatoms. The van der Waals surface area contributed by atoms with Gasteiger partial charge in [-0.15, -0.1) is 0 Å². The lowest BCUT2D eigenvalue weighted by atomic mass is 10.0. The van der Waals surface area contributed by atoms with Crippen molar-refractivity contribution < 1.29 is 14.2 Å². The van der Waals surface area contributed by atoms with E-state index < -0.39 is 11.9 Å². The molecule has 0 aliphatic carbocycles. The van der Waals surface area contributed by atoms with Gasteiger partial charge < -0.3 is 9.84 Å². The Morgan fingerprint density at radius 3 is 2.63 bits per heavy atom. The maximum absolute atomic E-state index is 13.6. The monoisotopic (exact) mass is 324 g/mol. The number of benzene rings is 2. The van der Waals surface area contributed by atoms with Crippen LogP contribution in [0.15, 0.2) is 46.9 Å². The number of hydrogen-bond donors (Lipinski definition) is 1. The van der Waals surface area contributed by atoms with Crippen LogP contribution in [0.2, 0.25) is 0 Å². The summed E-state index contributed by atoms with van der Waals surface area (Å²) in [6, 6.07) is 12.2. The fourth-order valence-electron chi connectivity index (χ4n) is 1.92. The van der Waals surface area contributed by atoms with Gasteiger partial charge in [-0.25, -0.2) is 4.39 Å². The zero-order valence-electron chi connectivity index (χ0n) is 10.4. The lowest BCUT2D eigenvalue weighted by molar-refractivity contribution is 0.177. The smallest absolute Gasteiger partial charge is 0.165 e. The first kappa shape index (κ1) is 14.0. The average molecular weight is 325 g/mol. The predicted octanol–water partition coefficient (Wildman–Crippen LogP) is 3.87. The van der Waals surface area contributed by atoms with E-state index in [-0.39, 0.29) is 5.75 Å². The first-order valence-corrected chi connectivity index (χ1v) is 6.66. The summed E-state index contributed by atoms with van der Waals surface area (Å²) >= 11 is 3.39. The molecule has 0 radical (unpaired) electrons. The number of methoxy groups -OCH3 is 1. The van der Waals surface area contributed by atoms with E-state index in [1.165, 1.54) is 13.2 Å². The second-order valence-electron chi connectivity index (χ2n) is 4.21. The maximum Gasteiger partial charge on any atom is 0.165 e. The van der Waals surface area contributed by atoms with Gasteiger partial charge in [0.2, 0.25) is 0 Å². The van der Waals surface area contributed by atoms with Crippen molar-refractivity contribution in [3.05, 3.63) is 63.9 Å². The van der Waals surface area contributed by atoms with E-state index in [9.17, 15) is 9.50 Å². The van der Waals surface area contributed by atoms with E-state index >= 15 is 0 Å². The summed E-state index contributed by atoms with van der Waals surface area (Å²) < 4.78 is 19.3. The largest absolute Gasteiger partial charge is 0.494 e.